The van der Waals surface area contributed by atoms with Gasteiger partial charge < -0.3 is 10.5 Å². The van der Waals surface area contributed by atoms with Crippen molar-refractivity contribution in [2.45, 2.75) is 50.9 Å². The Balaban J connectivity index is 2.63. The van der Waals surface area contributed by atoms with E-state index in [1.54, 1.807) is 13.2 Å². The number of halogens is 1. The van der Waals surface area contributed by atoms with Crippen LogP contribution in [0.15, 0.2) is 12.1 Å². The van der Waals surface area contributed by atoms with E-state index in [2.05, 4.69) is 13.8 Å². The second-order valence-corrected chi connectivity index (χ2v) is 5.92. The lowest BCUT2D eigenvalue weighted by Gasteiger charge is -2.32. The van der Waals surface area contributed by atoms with Gasteiger partial charge in [-0.2, -0.15) is 0 Å². The molecule has 1 aromatic rings. The molecule has 0 bridgehead atoms. The van der Waals surface area contributed by atoms with Crippen LogP contribution in [0.4, 0.5) is 4.39 Å². The number of nitrogens with two attached hydrogens (primary N) is 1. The Labute approximate surface area is 115 Å². The fourth-order valence-corrected chi connectivity index (χ4v) is 3.43. The highest BCUT2D eigenvalue weighted by atomic mass is 19.1. The molecule has 1 saturated carbocycles. The number of methoxy groups -OCH3 is 1. The van der Waals surface area contributed by atoms with Gasteiger partial charge in [0, 0.05) is 23.6 Å². The molecule has 1 aromatic carbocycles. The van der Waals surface area contributed by atoms with Crippen LogP contribution < -0.4 is 10.5 Å². The summed E-state index contributed by atoms with van der Waals surface area (Å²) in [5.41, 5.74) is 8.18. The van der Waals surface area contributed by atoms with Gasteiger partial charge >= 0.3 is 0 Å². The first-order valence-corrected chi connectivity index (χ1v) is 7.12. The Morgan fingerprint density at radius 1 is 1.32 bits per heavy atom. The van der Waals surface area contributed by atoms with Gasteiger partial charge in [0.2, 0.25) is 0 Å². The maximum absolute atomic E-state index is 13.9. The maximum Gasteiger partial charge on any atom is 0.127 e. The summed E-state index contributed by atoms with van der Waals surface area (Å²) >= 11 is 0. The molecule has 0 spiro atoms. The van der Waals surface area contributed by atoms with Crippen LogP contribution in [-0.4, -0.2) is 13.7 Å². The van der Waals surface area contributed by atoms with Crippen molar-refractivity contribution < 1.29 is 9.13 Å². The summed E-state index contributed by atoms with van der Waals surface area (Å²) in [6, 6.07) is 3.16. The van der Waals surface area contributed by atoms with Gasteiger partial charge in [0.25, 0.3) is 0 Å². The second kappa shape index (κ2) is 5.49. The monoisotopic (exact) mass is 265 g/mol. The molecule has 0 amide bonds. The average Bonchev–Trinajstić information content (AvgIpc) is 2.87. The van der Waals surface area contributed by atoms with E-state index < -0.39 is 0 Å². The molecule has 3 heteroatoms. The largest absolute Gasteiger partial charge is 0.496 e. The molecule has 19 heavy (non-hydrogen) atoms. The van der Waals surface area contributed by atoms with Crippen molar-refractivity contribution in [1.29, 1.82) is 0 Å². The third-order valence-electron chi connectivity index (χ3n) is 4.43. The lowest BCUT2D eigenvalue weighted by molar-refractivity contribution is 0.392. The Bertz CT molecular complexity index is 450. The molecule has 1 fully saturated rings. The number of rotatable bonds is 4. The quantitative estimate of drug-likeness (QED) is 0.900. The van der Waals surface area contributed by atoms with Gasteiger partial charge in [-0.25, -0.2) is 4.39 Å². The van der Waals surface area contributed by atoms with Crippen molar-refractivity contribution in [2.24, 2.45) is 5.73 Å². The van der Waals surface area contributed by atoms with Gasteiger partial charge in [0.15, 0.2) is 0 Å². The molecule has 0 heterocycles. The van der Waals surface area contributed by atoms with Crippen molar-refractivity contribution in [1.82, 2.24) is 0 Å². The standard InChI is InChI=1S/C16H24FNO/c1-11(2)15-13(8-12(17)9-14(15)19-3)16(10-18)6-4-5-7-16/h8-9,11H,4-7,10,18H2,1-3H3. The van der Waals surface area contributed by atoms with Gasteiger partial charge in [-0.3, -0.25) is 0 Å². The molecule has 2 nitrogen and oxygen atoms in total. The highest BCUT2D eigenvalue weighted by Crippen LogP contribution is 2.45. The van der Waals surface area contributed by atoms with E-state index in [-0.39, 0.29) is 11.2 Å². The molecule has 0 aliphatic heterocycles. The molecule has 0 unspecified atom stereocenters. The first kappa shape index (κ1) is 14.3. The molecule has 0 radical (unpaired) electrons. The summed E-state index contributed by atoms with van der Waals surface area (Å²) in [6.07, 6.45) is 4.45. The lowest BCUT2D eigenvalue weighted by atomic mass is 9.74. The van der Waals surface area contributed by atoms with E-state index in [0.29, 0.717) is 18.2 Å². The van der Waals surface area contributed by atoms with E-state index in [9.17, 15) is 4.39 Å². The van der Waals surface area contributed by atoms with Crippen molar-refractivity contribution in [2.75, 3.05) is 13.7 Å². The Morgan fingerprint density at radius 2 is 1.95 bits per heavy atom. The minimum Gasteiger partial charge on any atom is -0.496 e. The second-order valence-electron chi connectivity index (χ2n) is 5.92. The molecular weight excluding hydrogens is 241 g/mol. The first-order chi connectivity index (χ1) is 9.04. The van der Waals surface area contributed by atoms with Gasteiger partial charge in [-0.15, -0.1) is 0 Å². The Morgan fingerprint density at radius 3 is 2.42 bits per heavy atom. The molecule has 0 aromatic heterocycles. The fraction of sp³-hybridized carbons (Fsp3) is 0.625. The van der Waals surface area contributed by atoms with Crippen molar-refractivity contribution in [3.8, 4) is 5.75 Å². The summed E-state index contributed by atoms with van der Waals surface area (Å²) in [5, 5.41) is 0. The molecule has 106 valence electrons. The molecule has 2 rings (SSSR count). The summed E-state index contributed by atoms with van der Waals surface area (Å²) in [5.74, 6) is 0.732. The topological polar surface area (TPSA) is 35.2 Å². The third-order valence-corrected chi connectivity index (χ3v) is 4.43. The van der Waals surface area contributed by atoms with Crippen LogP contribution in [0.2, 0.25) is 0 Å². The van der Waals surface area contributed by atoms with Gasteiger partial charge in [0.1, 0.15) is 11.6 Å². The minimum atomic E-state index is -0.226. The van der Waals surface area contributed by atoms with Crippen molar-refractivity contribution in [3.05, 3.63) is 29.1 Å². The smallest absolute Gasteiger partial charge is 0.127 e. The molecular formula is C16H24FNO. The SMILES string of the molecule is COc1cc(F)cc(C2(CN)CCCC2)c1C(C)C. The van der Waals surface area contributed by atoms with E-state index in [4.69, 9.17) is 10.5 Å². The minimum absolute atomic E-state index is 0.0605. The number of hydrogen-bond donors (Lipinski definition) is 1. The zero-order valence-electron chi connectivity index (χ0n) is 12.1. The van der Waals surface area contributed by atoms with Gasteiger partial charge in [-0.1, -0.05) is 26.7 Å². The molecule has 0 saturated heterocycles. The highest BCUT2D eigenvalue weighted by molar-refractivity contribution is 5.47. The number of hydrogen-bond acceptors (Lipinski definition) is 2. The summed E-state index contributed by atoms with van der Waals surface area (Å²) in [7, 11) is 1.61. The summed E-state index contributed by atoms with van der Waals surface area (Å²) in [6.45, 7) is 4.83. The van der Waals surface area contributed by atoms with E-state index >= 15 is 0 Å². The molecule has 1 aliphatic carbocycles. The van der Waals surface area contributed by atoms with E-state index in [1.807, 2.05) is 0 Å². The fourth-order valence-electron chi connectivity index (χ4n) is 3.43. The van der Waals surface area contributed by atoms with Crippen LogP contribution in [-0.2, 0) is 5.41 Å². The predicted octanol–water partition coefficient (Wildman–Crippen LogP) is 3.73. The van der Waals surface area contributed by atoms with Gasteiger partial charge in [0.05, 0.1) is 7.11 Å². The average molecular weight is 265 g/mol. The zero-order valence-corrected chi connectivity index (χ0v) is 12.1. The van der Waals surface area contributed by atoms with Crippen LogP contribution in [0.3, 0.4) is 0 Å². The zero-order chi connectivity index (χ0) is 14.0. The van der Waals surface area contributed by atoms with Crippen LogP contribution in [0.25, 0.3) is 0 Å². The normalized spacial score (nSPS) is 18.0. The molecule has 0 atom stereocenters. The first-order valence-electron chi connectivity index (χ1n) is 7.12. The number of ether oxygens (including phenoxy) is 1. The molecule has 1 aliphatic rings. The van der Waals surface area contributed by atoms with E-state index in [0.717, 1.165) is 24.0 Å². The summed E-state index contributed by atoms with van der Waals surface area (Å²) in [4.78, 5) is 0. The van der Waals surface area contributed by atoms with Crippen LogP contribution >= 0.6 is 0 Å². The number of benzene rings is 1. The van der Waals surface area contributed by atoms with Gasteiger partial charge in [-0.05, 0) is 30.4 Å². The van der Waals surface area contributed by atoms with Crippen molar-refractivity contribution in [3.63, 3.8) is 0 Å². The molecule has 2 N–H and O–H groups in total. The maximum atomic E-state index is 13.9. The highest BCUT2D eigenvalue weighted by Gasteiger charge is 2.37. The lowest BCUT2D eigenvalue weighted by Crippen LogP contribution is -2.33. The van der Waals surface area contributed by atoms with Crippen LogP contribution in [0, 0.1) is 5.82 Å². The Kier molecular flexibility index (Phi) is 4.14. The summed E-state index contributed by atoms with van der Waals surface area (Å²) < 4.78 is 19.3. The van der Waals surface area contributed by atoms with Crippen LogP contribution in [0.1, 0.15) is 56.6 Å². The van der Waals surface area contributed by atoms with Crippen molar-refractivity contribution >= 4 is 0 Å². The Hall–Kier alpha value is -1.09. The predicted molar refractivity (Wildman–Crippen MR) is 76.2 cm³/mol. The van der Waals surface area contributed by atoms with Crippen LogP contribution in [0.5, 0.6) is 5.75 Å². The third kappa shape index (κ3) is 2.48. The van der Waals surface area contributed by atoms with E-state index in [1.165, 1.54) is 18.9 Å².